The van der Waals surface area contributed by atoms with Crippen LogP contribution < -0.4 is 4.74 Å². The number of nitro benzene ring substituents is 1. The molecule has 1 rings (SSSR count). The number of amides is 2. The van der Waals surface area contributed by atoms with Gasteiger partial charge in [-0.15, -0.1) is 0 Å². The van der Waals surface area contributed by atoms with E-state index in [1.807, 2.05) is 0 Å². The first-order valence-electron chi connectivity index (χ1n) is 8.87. The predicted octanol–water partition coefficient (Wildman–Crippen LogP) is 4.67. The lowest BCUT2D eigenvalue weighted by atomic mass is 10.1. The minimum absolute atomic E-state index is 0.00730. The summed E-state index contributed by atoms with van der Waals surface area (Å²) >= 11 is 0. The van der Waals surface area contributed by atoms with Crippen LogP contribution in [0.25, 0.3) is 0 Å². The van der Waals surface area contributed by atoms with Gasteiger partial charge >= 0.3 is 17.9 Å². The van der Waals surface area contributed by atoms with Gasteiger partial charge in [0.15, 0.2) is 0 Å². The van der Waals surface area contributed by atoms with Gasteiger partial charge in [0.2, 0.25) is 5.75 Å². The molecule has 0 saturated carbocycles. The average Bonchev–Trinajstić information content (AvgIpc) is 2.49. The number of rotatable bonds is 5. The van der Waals surface area contributed by atoms with Crippen LogP contribution in [0, 0.1) is 10.1 Å². The second kappa shape index (κ2) is 8.90. The molecule has 0 radical (unpaired) electrons. The summed E-state index contributed by atoms with van der Waals surface area (Å²) in [5, 5.41) is 11.3. The molecule has 0 aliphatic heterocycles. The van der Waals surface area contributed by atoms with Gasteiger partial charge in [0, 0.05) is 11.6 Å². The maximum Gasteiger partial charge on any atom is 0.420 e. The van der Waals surface area contributed by atoms with Crippen LogP contribution in [-0.2, 0) is 16.0 Å². The van der Waals surface area contributed by atoms with Gasteiger partial charge in [-0.25, -0.2) is 14.5 Å². The summed E-state index contributed by atoms with van der Waals surface area (Å²) in [5.74, 6) is -0.00730. The van der Waals surface area contributed by atoms with Crippen molar-refractivity contribution >= 4 is 17.9 Å². The standard InChI is InChI=1S/C19H28N2O7/c1-8-26-15-13(10-9-11-14(15)21(24)25)12-20(16(22)27-18(2,3)4)17(23)28-19(5,6)7/h9-11H,8,12H2,1-7H3. The Balaban J connectivity index is 3.33. The highest BCUT2D eigenvalue weighted by Crippen LogP contribution is 2.32. The van der Waals surface area contributed by atoms with Gasteiger partial charge in [-0.2, -0.15) is 0 Å². The largest absolute Gasteiger partial charge is 0.487 e. The van der Waals surface area contributed by atoms with Crippen LogP contribution in [-0.4, -0.2) is 39.8 Å². The van der Waals surface area contributed by atoms with Gasteiger partial charge in [0.25, 0.3) is 0 Å². The molecule has 0 fully saturated rings. The molecule has 156 valence electrons. The molecule has 0 aliphatic rings. The highest BCUT2D eigenvalue weighted by atomic mass is 16.6. The Labute approximate surface area is 164 Å². The Morgan fingerprint density at radius 3 is 1.93 bits per heavy atom. The summed E-state index contributed by atoms with van der Waals surface area (Å²) in [7, 11) is 0. The Morgan fingerprint density at radius 2 is 1.54 bits per heavy atom. The average molecular weight is 396 g/mol. The van der Waals surface area contributed by atoms with E-state index in [2.05, 4.69) is 0 Å². The highest BCUT2D eigenvalue weighted by Gasteiger charge is 2.33. The number of benzene rings is 1. The van der Waals surface area contributed by atoms with E-state index >= 15 is 0 Å². The Morgan fingerprint density at radius 1 is 1.04 bits per heavy atom. The molecule has 0 N–H and O–H groups in total. The monoisotopic (exact) mass is 396 g/mol. The fraction of sp³-hybridized carbons (Fsp3) is 0.579. The van der Waals surface area contributed by atoms with E-state index in [1.165, 1.54) is 12.1 Å². The topological polar surface area (TPSA) is 108 Å². The molecule has 0 bridgehead atoms. The van der Waals surface area contributed by atoms with E-state index in [4.69, 9.17) is 14.2 Å². The van der Waals surface area contributed by atoms with E-state index in [1.54, 1.807) is 54.5 Å². The van der Waals surface area contributed by atoms with Crippen molar-refractivity contribution in [1.82, 2.24) is 4.90 Å². The van der Waals surface area contributed by atoms with E-state index in [0.717, 1.165) is 4.90 Å². The first-order valence-corrected chi connectivity index (χ1v) is 8.87. The van der Waals surface area contributed by atoms with Gasteiger partial charge in [-0.1, -0.05) is 12.1 Å². The number of carbonyl (C=O) groups excluding carboxylic acids is 2. The number of para-hydroxylation sites is 1. The Bertz CT molecular complexity index is 705. The number of hydrogen-bond acceptors (Lipinski definition) is 7. The summed E-state index contributed by atoms with van der Waals surface area (Å²) in [6.45, 7) is 11.5. The number of imide groups is 1. The Hall–Kier alpha value is -2.84. The van der Waals surface area contributed by atoms with E-state index in [-0.39, 0.29) is 30.2 Å². The van der Waals surface area contributed by atoms with Crippen molar-refractivity contribution in [2.24, 2.45) is 0 Å². The third-order valence-corrected chi connectivity index (χ3v) is 3.12. The van der Waals surface area contributed by atoms with Crippen molar-refractivity contribution in [3.05, 3.63) is 33.9 Å². The molecule has 1 aromatic rings. The molecule has 2 amide bonds. The first-order chi connectivity index (χ1) is 12.7. The normalized spacial score (nSPS) is 11.5. The molecular formula is C19H28N2O7. The Kier molecular flexibility index (Phi) is 7.37. The molecule has 9 nitrogen and oxygen atoms in total. The molecule has 28 heavy (non-hydrogen) atoms. The zero-order chi connectivity index (χ0) is 21.7. The zero-order valence-electron chi connectivity index (χ0n) is 17.4. The third kappa shape index (κ3) is 7.05. The van der Waals surface area contributed by atoms with Crippen LogP contribution in [0.15, 0.2) is 18.2 Å². The summed E-state index contributed by atoms with van der Waals surface area (Å²) in [5.41, 5.74) is -1.66. The molecule has 0 atom stereocenters. The molecule has 9 heteroatoms. The van der Waals surface area contributed by atoms with Crippen LogP contribution in [0.1, 0.15) is 54.0 Å². The quantitative estimate of drug-likeness (QED) is 0.526. The van der Waals surface area contributed by atoms with Gasteiger partial charge < -0.3 is 14.2 Å². The van der Waals surface area contributed by atoms with Crippen molar-refractivity contribution < 1.29 is 28.7 Å². The van der Waals surface area contributed by atoms with Crippen LogP contribution in [0.2, 0.25) is 0 Å². The minimum atomic E-state index is -0.921. The summed E-state index contributed by atoms with van der Waals surface area (Å²) in [6, 6.07) is 4.29. The highest BCUT2D eigenvalue weighted by molar-refractivity contribution is 5.88. The number of nitrogens with zero attached hydrogens (tertiary/aromatic N) is 2. The smallest absolute Gasteiger partial charge is 0.420 e. The van der Waals surface area contributed by atoms with Gasteiger partial charge in [-0.3, -0.25) is 10.1 Å². The van der Waals surface area contributed by atoms with Crippen molar-refractivity contribution in [3.63, 3.8) is 0 Å². The second-order valence-corrected chi connectivity index (χ2v) is 8.00. The molecule has 0 heterocycles. The van der Waals surface area contributed by atoms with Gasteiger partial charge in [0.05, 0.1) is 18.1 Å². The lowest BCUT2D eigenvalue weighted by Crippen LogP contribution is -2.43. The molecule has 0 aliphatic carbocycles. The lowest BCUT2D eigenvalue weighted by Gasteiger charge is -2.29. The molecule has 0 unspecified atom stereocenters. The van der Waals surface area contributed by atoms with Crippen molar-refractivity contribution in [2.75, 3.05) is 6.61 Å². The summed E-state index contributed by atoms with van der Waals surface area (Å²) in [6.07, 6.45) is -1.84. The molecule has 0 aromatic heterocycles. The van der Waals surface area contributed by atoms with Gasteiger partial charge in [-0.05, 0) is 48.5 Å². The van der Waals surface area contributed by atoms with Crippen molar-refractivity contribution in [3.8, 4) is 5.75 Å². The minimum Gasteiger partial charge on any atom is -0.487 e. The fourth-order valence-corrected chi connectivity index (χ4v) is 2.16. The SMILES string of the molecule is CCOc1c(CN(C(=O)OC(C)(C)C)C(=O)OC(C)(C)C)cccc1[N+](=O)[O-]. The summed E-state index contributed by atoms with van der Waals surface area (Å²) in [4.78, 5) is 36.7. The molecule has 0 saturated heterocycles. The van der Waals surface area contributed by atoms with E-state index in [0.29, 0.717) is 0 Å². The maximum absolute atomic E-state index is 12.6. The van der Waals surface area contributed by atoms with E-state index < -0.39 is 28.3 Å². The number of nitro groups is 1. The number of ether oxygens (including phenoxy) is 3. The van der Waals surface area contributed by atoms with Crippen LogP contribution >= 0.6 is 0 Å². The van der Waals surface area contributed by atoms with Gasteiger partial charge in [0.1, 0.15) is 11.2 Å². The predicted molar refractivity (Wildman–Crippen MR) is 102 cm³/mol. The fourth-order valence-electron chi connectivity index (χ4n) is 2.16. The third-order valence-electron chi connectivity index (χ3n) is 3.12. The summed E-state index contributed by atoms with van der Waals surface area (Å²) < 4.78 is 16.0. The van der Waals surface area contributed by atoms with Crippen molar-refractivity contribution in [1.29, 1.82) is 0 Å². The molecule has 1 aromatic carbocycles. The zero-order valence-corrected chi connectivity index (χ0v) is 17.4. The van der Waals surface area contributed by atoms with Crippen LogP contribution in [0.4, 0.5) is 15.3 Å². The first kappa shape index (κ1) is 23.2. The number of carbonyl (C=O) groups is 2. The van der Waals surface area contributed by atoms with E-state index in [9.17, 15) is 19.7 Å². The lowest BCUT2D eigenvalue weighted by molar-refractivity contribution is -0.385. The molecule has 0 spiro atoms. The van der Waals surface area contributed by atoms with Crippen LogP contribution in [0.5, 0.6) is 5.75 Å². The van der Waals surface area contributed by atoms with Crippen molar-refractivity contribution in [2.45, 2.75) is 66.2 Å². The maximum atomic E-state index is 12.6. The number of hydrogen-bond donors (Lipinski definition) is 0. The molecular weight excluding hydrogens is 368 g/mol. The second-order valence-electron chi connectivity index (χ2n) is 8.00. The van der Waals surface area contributed by atoms with Crippen LogP contribution in [0.3, 0.4) is 0 Å².